The third-order valence-electron chi connectivity index (χ3n) is 2.75. The number of hydrogen-bond acceptors (Lipinski definition) is 2. The predicted molar refractivity (Wildman–Crippen MR) is 70.4 cm³/mol. The van der Waals surface area contributed by atoms with Crippen molar-refractivity contribution in [1.29, 1.82) is 0 Å². The summed E-state index contributed by atoms with van der Waals surface area (Å²) in [5, 5.41) is 4.54. The maximum atomic E-state index is 4.54. The fraction of sp³-hybridized carbons (Fsp3) is 0.0667. The number of nitrogens with zero attached hydrogens (tertiary/aromatic N) is 3. The summed E-state index contributed by atoms with van der Waals surface area (Å²) in [5.74, 6) is 1.62. The van der Waals surface area contributed by atoms with Gasteiger partial charge in [0.2, 0.25) is 0 Å². The zero-order valence-corrected chi connectivity index (χ0v) is 10.0. The van der Waals surface area contributed by atoms with Crippen molar-refractivity contribution < 1.29 is 0 Å². The Kier molecular flexibility index (Phi) is 2.65. The molecule has 0 aliphatic rings. The second kappa shape index (κ2) is 4.45. The van der Waals surface area contributed by atoms with E-state index in [2.05, 4.69) is 16.1 Å². The zero-order chi connectivity index (χ0) is 12.4. The monoisotopic (exact) mass is 234 g/mol. The number of para-hydroxylation sites is 1. The number of benzene rings is 2. The Morgan fingerprint density at radius 1 is 1.00 bits per heavy atom. The van der Waals surface area contributed by atoms with Crippen LogP contribution in [0.4, 0.5) is 0 Å². The van der Waals surface area contributed by atoms with Crippen LogP contribution < -0.4 is 0 Å². The molecule has 0 fully saturated rings. The normalized spacial score (nSPS) is 10.5. The van der Waals surface area contributed by atoms with Gasteiger partial charge in [0.1, 0.15) is 5.82 Å². The highest BCUT2D eigenvalue weighted by Crippen LogP contribution is 2.17. The molecule has 3 rings (SSSR count). The Morgan fingerprint density at radius 2 is 1.72 bits per heavy atom. The molecule has 3 heteroatoms. The molecule has 0 N–H and O–H groups in total. The minimum Gasteiger partial charge on any atom is -0.218 e. The van der Waals surface area contributed by atoms with E-state index < -0.39 is 0 Å². The van der Waals surface area contributed by atoms with Crippen molar-refractivity contribution in [2.45, 2.75) is 6.92 Å². The molecule has 0 saturated carbocycles. The molecule has 0 spiro atoms. The van der Waals surface area contributed by atoms with Gasteiger partial charge in [-0.2, -0.15) is 0 Å². The number of aromatic nitrogens is 3. The number of aryl methyl sites for hydroxylation is 1. The second-order valence-electron chi connectivity index (χ2n) is 4.02. The molecule has 3 nitrogen and oxygen atoms in total. The van der Waals surface area contributed by atoms with Gasteiger partial charge in [0.15, 0.2) is 5.82 Å². The van der Waals surface area contributed by atoms with Gasteiger partial charge in [0, 0.05) is 5.56 Å². The molecule has 18 heavy (non-hydrogen) atoms. The predicted octanol–water partition coefficient (Wildman–Crippen LogP) is 3.04. The van der Waals surface area contributed by atoms with Gasteiger partial charge in [0.05, 0.1) is 5.69 Å². The van der Waals surface area contributed by atoms with Crippen LogP contribution in [0.3, 0.4) is 0 Å². The summed E-state index contributed by atoms with van der Waals surface area (Å²) in [5.41, 5.74) is 2.03. The molecule has 0 atom stereocenters. The van der Waals surface area contributed by atoms with Crippen LogP contribution in [-0.4, -0.2) is 14.8 Å². The van der Waals surface area contributed by atoms with Gasteiger partial charge in [-0.15, -0.1) is 5.10 Å². The molecule has 0 aliphatic carbocycles. The molecule has 1 heterocycles. The minimum absolute atomic E-state index is 0.741. The molecule has 0 unspecified atom stereocenters. The van der Waals surface area contributed by atoms with E-state index in [1.807, 2.05) is 66.2 Å². The summed E-state index contributed by atoms with van der Waals surface area (Å²) in [7, 11) is 0. The average Bonchev–Trinajstić information content (AvgIpc) is 2.83. The van der Waals surface area contributed by atoms with E-state index in [1.54, 1.807) is 0 Å². The topological polar surface area (TPSA) is 30.7 Å². The number of rotatable bonds is 2. The molecule has 2 aromatic carbocycles. The van der Waals surface area contributed by atoms with Crippen LogP contribution in [0.5, 0.6) is 0 Å². The molecule has 87 valence electrons. The first kappa shape index (κ1) is 10.7. The molecule has 0 saturated heterocycles. The standard InChI is InChI=1S/C15H12N3/c1-12-16-15(13-8-4-2-5-9-13)17-18(12)14-10-6-3-7-11-14/h3-11H,1H3. The maximum Gasteiger partial charge on any atom is 0.181 e. The Balaban J connectivity index is 2.07. The Labute approximate surface area is 106 Å². The van der Waals surface area contributed by atoms with Gasteiger partial charge >= 0.3 is 0 Å². The third kappa shape index (κ3) is 1.91. The zero-order valence-electron chi connectivity index (χ0n) is 10.0. The molecule has 3 aromatic rings. The van der Waals surface area contributed by atoms with Crippen LogP contribution in [0.25, 0.3) is 17.1 Å². The van der Waals surface area contributed by atoms with Crippen molar-refractivity contribution in [2.75, 3.05) is 0 Å². The smallest absolute Gasteiger partial charge is 0.181 e. The van der Waals surface area contributed by atoms with E-state index >= 15 is 0 Å². The van der Waals surface area contributed by atoms with Crippen LogP contribution in [0, 0.1) is 13.0 Å². The van der Waals surface area contributed by atoms with Gasteiger partial charge in [-0.3, -0.25) is 0 Å². The largest absolute Gasteiger partial charge is 0.218 e. The summed E-state index contributed by atoms with van der Waals surface area (Å²) >= 11 is 0. The quantitative estimate of drug-likeness (QED) is 0.682. The first-order valence-corrected chi connectivity index (χ1v) is 5.80. The molecule has 1 aromatic heterocycles. The lowest BCUT2D eigenvalue weighted by Crippen LogP contribution is -1.98. The second-order valence-corrected chi connectivity index (χ2v) is 4.02. The summed E-state index contributed by atoms with van der Waals surface area (Å²) in [6.45, 7) is 1.96. The lowest BCUT2D eigenvalue weighted by molar-refractivity contribution is 0.842. The van der Waals surface area contributed by atoms with Crippen molar-refractivity contribution in [2.24, 2.45) is 0 Å². The van der Waals surface area contributed by atoms with Crippen molar-refractivity contribution in [3.8, 4) is 17.1 Å². The maximum absolute atomic E-state index is 4.54. The van der Waals surface area contributed by atoms with Gasteiger partial charge < -0.3 is 0 Å². The highest BCUT2D eigenvalue weighted by molar-refractivity contribution is 5.54. The lowest BCUT2D eigenvalue weighted by Gasteiger charge is -2.00. The lowest BCUT2D eigenvalue weighted by atomic mass is 10.2. The summed E-state index contributed by atoms with van der Waals surface area (Å²) in [4.78, 5) is 4.50. The van der Waals surface area contributed by atoms with Gasteiger partial charge in [-0.05, 0) is 25.1 Å². The van der Waals surface area contributed by atoms with Crippen LogP contribution in [-0.2, 0) is 0 Å². The van der Waals surface area contributed by atoms with E-state index in [1.165, 1.54) is 0 Å². The molecular formula is C15H12N3. The van der Waals surface area contributed by atoms with E-state index in [0.29, 0.717) is 0 Å². The first-order chi connectivity index (χ1) is 8.84. The van der Waals surface area contributed by atoms with Crippen LogP contribution >= 0.6 is 0 Å². The van der Waals surface area contributed by atoms with E-state index in [0.717, 1.165) is 22.9 Å². The van der Waals surface area contributed by atoms with Gasteiger partial charge in [-0.1, -0.05) is 42.5 Å². The highest BCUT2D eigenvalue weighted by atomic mass is 15.3. The van der Waals surface area contributed by atoms with Crippen molar-refractivity contribution in [1.82, 2.24) is 14.8 Å². The van der Waals surface area contributed by atoms with Crippen LogP contribution in [0.1, 0.15) is 5.82 Å². The van der Waals surface area contributed by atoms with Crippen LogP contribution in [0.2, 0.25) is 0 Å². The van der Waals surface area contributed by atoms with Gasteiger partial charge in [-0.25, -0.2) is 9.67 Å². The van der Waals surface area contributed by atoms with Crippen molar-refractivity contribution >= 4 is 0 Å². The van der Waals surface area contributed by atoms with E-state index in [9.17, 15) is 0 Å². The Bertz CT molecular complexity index is 642. The molecule has 0 amide bonds. The average molecular weight is 234 g/mol. The SMILES string of the molecule is Cc1nc(-c2cc[c]cc2)nn1-c1ccccc1. The molecule has 0 bridgehead atoms. The summed E-state index contributed by atoms with van der Waals surface area (Å²) in [6.07, 6.45) is 0. The summed E-state index contributed by atoms with van der Waals surface area (Å²) in [6, 6.07) is 20.7. The van der Waals surface area contributed by atoms with E-state index in [-0.39, 0.29) is 0 Å². The fourth-order valence-electron chi connectivity index (χ4n) is 1.86. The van der Waals surface area contributed by atoms with Gasteiger partial charge in [0.25, 0.3) is 0 Å². The minimum atomic E-state index is 0.741. The highest BCUT2D eigenvalue weighted by Gasteiger charge is 2.08. The molecule has 0 aliphatic heterocycles. The molecular weight excluding hydrogens is 222 g/mol. The molecule has 1 radical (unpaired) electrons. The van der Waals surface area contributed by atoms with Crippen molar-refractivity contribution in [3.63, 3.8) is 0 Å². The number of hydrogen-bond donors (Lipinski definition) is 0. The van der Waals surface area contributed by atoms with Crippen molar-refractivity contribution in [3.05, 3.63) is 66.5 Å². The Hall–Kier alpha value is -2.42. The third-order valence-corrected chi connectivity index (χ3v) is 2.75. The summed E-state index contributed by atoms with van der Waals surface area (Å²) < 4.78 is 1.85. The fourth-order valence-corrected chi connectivity index (χ4v) is 1.86. The van der Waals surface area contributed by atoms with E-state index in [4.69, 9.17) is 0 Å². The van der Waals surface area contributed by atoms with Crippen LogP contribution in [0.15, 0.2) is 54.6 Å². The first-order valence-electron chi connectivity index (χ1n) is 5.80. The Morgan fingerprint density at radius 3 is 2.44 bits per heavy atom.